The van der Waals surface area contributed by atoms with Gasteiger partial charge in [0.25, 0.3) is 0 Å². The van der Waals surface area contributed by atoms with E-state index in [1.54, 1.807) is 19.1 Å². The lowest BCUT2D eigenvalue weighted by Gasteiger charge is -2.30. The summed E-state index contributed by atoms with van der Waals surface area (Å²) in [6.45, 7) is 6.62. The molecule has 0 saturated carbocycles. The van der Waals surface area contributed by atoms with Crippen LogP contribution in [0.5, 0.6) is 0 Å². The minimum absolute atomic E-state index is 0.00776. The zero-order chi connectivity index (χ0) is 15.4. The molecule has 0 fully saturated rings. The lowest BCUT2D eigenvalue weighted by Crippen LogP contribution is -2.54. The molecule has 0 aliphatic heterocycles. The Bertz CT molecular complexity index is 361. The number of aliphatic imine (C=N–C) groups is 1. The molecule has 0 rings (SSSR count). The molecule has 0 bridgehead atoms. The van der Waals surface area contributed by atoms with E-state index in [1.165, 1.54) is 6.20 Å². The summed E-state index contributed by atoms with van der Waals surface area (Å²) in [5.74, 6) is -0.255. The molecular formula is C14H25N3O3. The maximum absolute atomic E-state index is 11.8. The summed E-state index contributed by atoms with van der Waals surface area (Å²) in [7, 11) is 0. The van der Waals surface area contributed by atoms with E-state index >= 15 is 0 Å². The number of carbonyl (C=O) groups is 1. The van der Waals surface area contributed by atoms with Gasteiger partial charge in [0.05, 0.1) is 25.3 Å². The fraction of sp³-hybridized carbons (Fsp3) is 0.571. The van der Waals surface area contributed by atoms with Gasteiger partial charge < -0.3 is 15.5 Å². The summed E-state index contributed by atoms with van der Waals surface area (Å²) < 4.78 is 0. The van der Waals surface area contributed by atoms with Crippen molar-refractivity contribution in [3.05, 3.63) is 24.0 Å². The number of amides is 1. The van der Waals surface area contributed by atoms with Gasteiger partial charge in [0.15, 0.2) is 0 Å². The third-order valence-electron chi connectivity index (χ3n) is 2.91. The van der Waals surface area contributed by atoms with E-state index < -0.39 is 5.54 Å². The molecule has 0 radical (unpaired) electrons. The summed E-state index contributed by atoms with van der Waals surface area (Å²) in [5, 5.41) is 24.3. The third-order valence-corrected chi connectivity index (χ3v) is 2.91. The minimum Gasteiger partial charge on any atom is -0.394 e. The molecule has 0 heterocycles. The number of rotatable bonds is 10. The Balaban J connectivity index is 4.46. The highest BCUT2D eigenvalue weighted by Crippen LogP contribution is 2.11. The molecule has 0 atom stereocenters. The zero-order valence-corrected chi connectivity index (χ0v) is 12.2. The first-order valence-corrected chi connectivity index (χ1v) is 6.62. The van der Waals surface area contributed by atoms with Gasteiger partial charge in [-0.3, -0.25) is 15.1 Å². The Hall–Kier alpha value is -1.50. The third kappa shape index (κ3) is 6.60. The van der Waals surface area contributed by atoms with Crippen LogP contribution < -0.4 is 10.6 Å². The summed E-state index contributed by atoms with van der Waals surface area (Å²) >= 11 is 0. The van der Waals surface area contributed by atoms with Crippen LogP contribution in [0, 0.1) is 0 Å². The maximum atomic E-state index is 11.8. The Morgan fingerprint density at radius 1 is 1.40 bits per heavy atom. The average molecular weight is 283 g/mol. The lowest BCUT2D eigenvalue weighted by atomic mass is 9.95. The SMILES string of the molecule is C=N/C=C\C(=C/C)NC(=O)CNC(CO)(CO)CCC. The monoisotopic (exact) mass is 283 g/mol. The molecule has 0 aromatic heterocycles. The number of aliphatic hydroxyl groups is 2. The number of nitrogens with zero attached hydrogens (tertiary/aromatic N) is 1. The predicted molar refractivity (Wildman–Crippen MR) is 80.4 cm³/mol. The number of aliphatic hydroxyl groups excluding tert-OH is 2. The highest BCUT2D eigenvalue weighted by molar-refractivity contribution is 5.80. The first kappa shape index (κ1) is 18.5. The zero-order valence-electron chi connectivity index (χ0n) is 12.2. The number of hydrogen-bond acceptors (Lipinski definition) is 5. The Morgan fingerprint density at radius 3 is 2.50 bits per heavy atom. The highest BCUT2D eigenvalue weighted by Gasteiger charge is 2.27. The van der Waals surface area contributed by atoms with Crippen LogP contribution in [-0.4, -0.2) is 48.1 Å². The van der Waals surface area contributed by atoms with Crippen molar-refractivity contribution in [2.24, 2.45) is 4.99 Å². The maximum Gasteiger partial charge on any atom is 0.238 e. The second-order valence-electron chi connectivity index (χ2n) is 4.49. The van der Waals surface area contributed by atoms with Crippen LogP contribution in [0.25, 0.3) is 0 Å². The van der Waals surface area contributed by atoms with Crippen LogP contribution in [0.15, 0.2) is 29.0 Å². The van der Waals surface area contributed by atoms with E-state index in [-0.39, 0.29) is 25.7 Å². The molecule has 4 N–H and O–H groups in total. The molecule has 0 aromatic carbocycles. The van der Waals surface area contributed by atoms with Crippen molar-refractivity contribution in [1.29, 1.82) is 0 Å². The van der Waals surface area contributed by atoms with Crippen LogP contribution >= 0.6 is 0 Å². The second kappa shape index (κ2) is 10.3. The number of nitrogens with one attached hydrogen (secondary N) is 2. The highest BCUT2D eigenvalue weighted by atomic mass is 16.3. The molecule has 0 aliphatic rings. The molecule has 0 aliphatic carbocycles. The standard InChI is InChI=1S/C14H25N3O3/c1-4-7-14(10-18,11-19)16-9-13(20)17-12(5-2)6-8-15-3/h5-6,8,16,18-19H,3-4,7,9-11H2,1-2H3,(H,17,20)/b8-6-,12-5+. The van der Waals surface area contributed by atoms with Gasteiger partial charge in [0, 0.05) is 11.9 Å². The topological polar surface area (TPSA) is 94.0 Å². The quantitative estimate of drug-likeness (QED) is 0.343. The summed E-state index contributed by atoms with van der Waals surface area (Å²) in [6, 6.07) is 0. The molecule has 0 spiro atoms. The van der Waals surface area contributed by atoms with Crippen molar-refractivity contribution in [3.63, 3.8) is 0 Å². The Labute approximate surface area is 120 Å². The molecule has 1 amide bonds. The minimum atomic E-state index is -0.819. The number of allylic oxidation sites excluding steroid dienone is 2. The smallest absolute Gasteiger partial charge is 0.238 e. The summed E-state index contributed by atoms with van der Waals surface area (Å²) in [4.78, 5) is 15.4. The Morgan fingerprint density at radius 2 is 2.05 bits per heavy atom. The van der Waals surface area contributed by atoms with Crippen LogP contribution in [0.4, 0.5) is 0 Å². The van der Waals surface area contributed by atoms with E-state index in [9.17, 15) is 15.0 Å². The van der Waals surface area contributed by atoms with Crippen molar-refractivity contribution in [3.8, 4) is 0 Å². The van der Waals surface area contributed by atoms with E-state index in [0.29, 0.717) is 12.1 Å². The first-order valence-electron chi connectivity index (χ1n) is 6.62. The van der Waals surface area contributed by atoms with Gasteiger partial charge in [-0.1, -0.05) is 19.4 Å². The summed E-state index contributed by atoms with van der Waals surface area (Å²) in [5.41, 5.74) is -0.209. The molecule has 6 nitrogen and oxygen atoms in total. The van der Waals surface area contributed by atoms with Gasteiger partial charge in [-0.2, -0.15) is 0 Å². The normalized spacial score (nSPS) is 12.7. The van der Waals surface area contributed by atoms with E-state index in [1.807, 2.05) is 6.92 Å². The molecule has 0 unspecified atom stereocenters. The van der Waals surface area contributed by atoms with Gasteiger partial charge in [-0.05, 0) is 26.1 Å². The van der Waals surface area contributed by atoms with Crippen LogP contribution in [0.3, 0.4) is 0 Å². The van der Waals surface area contributed by atoms with E-state index in [4.69, 9.17) is 0 Å². The molecule has 20 heavy (non-hydrogen) atoms. The van der Waals surface area contributed by atoms with Crippen molar-refractivity contribution in [1.82, 2.24) is 10.6 Å². The lowest BCUT2D eigenvalue weighted by molar-refractivity contribution is -0.120. The van der Waals surface area contributed by atoms with Crippen LogP contribution in [-0.2, 0) is 4.79 Å². The largest absolute Gasteiger partial charge is 0.394 e. The fourth-order valence-electron chi connectivity index (χ4n) is 1.70. The number of hydrogen-bond donors (Lipinski definition) is 4. The Kier molecular flexibility index (Phi) is 9.53. The first-order chi connectivity index (χ1) is 9.57. The number of carbonyl (C=O) groups excluding carboxylic acids is 1. The predicted octanol–water partition coefficient (Wildman–Crippen LogP) is 0.334. The van der Waals surface area contributed by atoms with Gasteiger partial charge in [-0.15, -0.1) is 0 Å². The molecular weight excluding hydrogens is 258 g/mol. The van der Waals surface area contributed by atoms with Crippen molar-refractivity contribution in [2.45, 2.75) is 32.2 Å². The molecule has 6 heteroatoms. The van der Waals surface area contributed by atoms with Crippen molar-refractivity contribution < 1.29 is 15.0 Å². The van der Waals surface area contributed by atoms with Crippen LogP contribution in [0.2, 0.25) is 0 Å². The second-order valence-corrected chi connectivity index (χ2v) is 4.49. The van der Waals surface area contributed by atoms with Gasteiger partial charge >= 0.3 is 0 Å². The van der Waals surface area contributed by atoms with E-state index in [0.717, 1.165) is 6.42 Å². The van der Waals surface area contributed by atoms with Crippen molar-refractivity contribution in [2.75, 3.05) is 19.8 Å². The van der Waals surface area contributed by atoms with Gasteiger partial charge in [0.1, 0.15) is 0 Å². The molecule has 114 valence electrons. The van der Waals surface area contributed by atoms with E-state index in [2.05, 4.69) is 22.3 Å². The van der Waals surface area contributed by atoms with Gasteiger partial charge in [-0.25, -0.2) is 0 Å². The van der Waals surface area contributed by atoms with Crippen LogP contribution in [0.1, 0.15) is 26.7 Å². The molecule has 0 aromatic rings. The molecule has 0 saturated heterocycles. The summed E-state index contributed by atoms with van der Waals surface area (Å²) in [6.07, 6.45) is 6.22. The fourth-order valence-corrected chi connectivity index (χ4v) is 1.70. The van der Waals surface area contributed by atoms with Crippen molar-refractivity contribution >= 4 is 12.6 Å². The average Bonchev–Trinajstić information content (AvgIpc) is 2.47. The van der Waals surface area contributed by atoms with Gasteiger partial charge in [0.2, 0.25) is 5.91 Å².